The van der Waals surface area contributed by atoms with E-state index in [1.165, 1.54) is 11.6 Å². The Morgan fingerprint density at radius 1 is 1.40 bits per heavy atom. The predicted molar refractivity (Wildman–Crippen MR) is 78.7 cm³/mol. The van der Waals surface area contributed by atoms with Gasteiger partial charge in [0.2, 0.25) is 0 Å². The van der Waals surface area contributed by atoms with Crippen LogP contribution in [0.1, 0.15) is 24.5 Å². The molecule has 3 rings (SSSR count). The summed E-state index contributed by atoms with van der Waals surface area (Å²) in [4.78, 5) is 0. The molecule has 2 aliphatic rings. The minimum Gasteiger partial charge on any atom is -0.488 e. The van der Waals surface area contributed by atoms with Crippen molar-refractivity contribution in [2.24, 2.45) is 5.92 Å². The van der Waals surface area contributed by atoms with Gasteiger partial charge in [-0.2, -0.15) is 0 Å². The van der Waals surface area contributed by atoms with Gasteiger partial charge in [-0.3, -0.25) is 0 Å². The van der Waals surface area contributed by atoms with E-state index in [9.17, 15) is 4.39 Å². The van der Waals surface area contributed by atoms with Gasteiger partial charge in [-0.15, -0.1) is 0 Å². The van der Waals surface area contributed by atoms with E-state index in [1.54, 1.807) is 6.07 Å². The monoisotopic (exact) mass is 273 g/mol. The largest absolute Gasteiger partial charge is 0.488 e. The maximum Gasteiger partial charge on any atom is 0.131 e. The molecule has 1 aliphatic heterocycles. The summed E-state index contributed by atoms with van der Waals surface area (Å²) < 4.78 is 19.7. The van der Waals surface area contributed by atoms with Crippen molar-refractivity contribution in [2.45, 2.75) is 25.9 Å². The molecule has 0 spiro atoms. The quantitative estimate of drug-likeness (QED) is 0.892. The fourth-order valence-electron chi connectivity index (χ4n) is 3.13. The van der Waals surface area contributed by atoms with Gasteiger partial charge in [0.05, 0.1) is 0 Å². The third-order valence-electron chi connectivity index (χ3n) is 4.25. The van der Waals surface area contributed by atoms with Gasteiger partial charge in [0, 0.05) is 24.1 Å². The molecule has 1 N–H and O–H groups in total. The average molecular weight is 273 g/mol. The zero-order valence-electron chi connectivity index (χ0n) is 12.0. The second-order valence-electron chi connectivity index (χ2n) is 5.74. The summed E-state index contributed by atoms with van der Waals surface area (Å²) in [5.74, 6) is 0.995. The first-order valence-corrected chi connectivity index (χ1v) is 7.12. The summed E-state index contributed by atoms with van der Waals surface area (Å²) in [6.07, 6.45) is 1.86. The van der Waals surface area contributed by atoms with E-state index < -0.39 is 0 Å². The van der Waals surface area contributed by atoms with Crippen molar-refractivity contribution in [1.82, 2.24) is 5.32 Å². The van der Waals surface area contributed by atoms with Crippen molar-refractivity contribution in [2.75, 3.05) is 13.6 Å². The third kappa shape index (κ3) is 2.16. The van der Waals surface area contributed by atoms with Crippen molar-refractivity contribution in [1.29, 1.82) is 0 Å². The molecule has 0 bridgehead atoms. The molecule has 0 radical (unpaired) electrons. The lowest BCUT2D eigenvalue weighted by Crippen LogP contribution is -2.23. The first kappa shape index (κ1) is 13.4. The van der Waals surface area contributed by atoms with Crippen molar-refractivity contribution in [3.05, 3.63) is 52.9 Å². The molecule has 2 atom stereocenters. The Bertz CT molecular complexity index is 591. The molecule has 0 fully saturated rings. The van der Waals surface area contributed by atoms with Crippen LogP contribution in [0.4, 0.5) is 4.39 Å². The number of hydrogen-bond acceptors (Lipinski definition) is 2. The van der Waals surface area contributed by atoms with E-state index in [2.05, 4.69) is 18.8 Å². The zero-order chi connectivity index (χ0) is 14.3. The second-order valence-corrected chi connectivity index (χ2v) is 5.74. The van der Waals surface area contributed by atoms with Crippen LogP contribution >= 0.6 is 0 Å². The van der Waals surface area contributed by atoms with Crippen LogP contribution in [0.3, 0.4) is 0 Å². The number of ether oxygens (including phenoxy) is 1. The number of halogens is 1. The number of nitrogens with one attached hydrogen (secondary N) is 1. The fourth-order valence-corrected chi connectivity index (χ4v) is 3.13. The van der Waals surface area contributed by atoms with Crippen LogP contribution < -0.4 is 5.32 Å². The molecule has 0 aromatic heterocycles. The number of benzene rings is 1. The zero-order valence-corrected chi connectivity index (χ0v) is 12.0. The van der Waals surface area contributed by atoms with Crippen LogP contribution in [0, 0.1) is 11.7 Å². The van der Waals surface area contributed by atoms with Crippen molar-refractivity contribution in [3.63, 3.8) is 0 Å². The van der Waals surface area contributed by atoms with E-state index >= 15 is 0 Å². The Kier molecular flexibility index (Phi) is 3.38. The Hall–Kier alpha value is -1.61. The van der Waals surface area contributed by atoms with Gasteiger partial charge in [0.1, 0.15) is 17.7 Å². The molecule has 0 saturated carbocycles. The molecule has 106 valence electrons. The molecule has 0 amide bonds. The van der Waals surface area contributed by atoms with Crippen LogP contribution in [0.25, 0.3) is 5.76 Å². The topological polar surface area (TPSA) is 21.3 Å². The fraction of sp³-hybridized carbons (Fsp3) is 0.412. The normalized spacial score (nSPS) is 25.1. The molecule has 1 aromatic carbocycles. The number of hydrogen-bond donors (Lipinski definition) is 1. The summed E-state index contributed by atoms with van der Waals surface area (Å²) in [6, 6.07) is 5.00. The number of fused-ring (bicyclic) bond motifs is 2. The molecule has 3 heteroatoms. The predicted octanol–water partition coefficient (Wildman–Crippen LogP) is 3.29. The highest BCUT2D eigenvalue weighted by molar-refractivity contribution is 5.73. The Morgan fingerprint density at radius 3 is 2.95 bits per heavy atom. The van der Waals surface area contributed by atoms with Gasteiger partial charge >= 0.3 is 0 Å². The first-order valence-electron chi connectivity index (χ1n) is 7.12. The van der Waals surface area contributed by atoms with E-state index in [0.29, 0.717) is 5.92 Å². The molecule has 0 saturated heterocycles. The van der Waals surface area contributed by atoms with Crippen molar-refractivity contribution >= 4 is 5.76 Å². The molecule has 2 unspecified atom stereocenters. The smallest absolute Gasteiger partial charge is 0.131 e. The van der Waals surface area contributed by atoms with Crippen molar-refractivity contribution in [3.8, 4) is 0 Å². The first-order chi connectivity index (χ1) is 9.60. The van der Waals surface area contributed by atoms with Crippen LogP contribution in [0.5, 0.6) is 0 Å². The van der Waals surface area contributed by atoms with Gasteiger partial charge in [0.25, 0.3) is 0 Å². The van der Waals surface area contributed by atoms with Gasteiger partial charge in [0.15, 0.2) is 0 Å². The van der Waals surface area contributed by atoms with Crippen LogP contribution in [0.2, 0.25) is 0 Å². The highest BCUT2D eigenvalue weighted by atomic mass is 19.1. The Labute approximate surface area is 119 Å². The molecule has 20 heavy (non-hydrogen) atoms. The van der Waals surface area contributed by atoms with Gasteiger partial charge in [-0.1, -0.05) is 19.6 Å². The SMILES string of the molecule is C=C1C2=C(OC(CNC)C2)c2cc(F)ccc2CC1C. The number of allylic oxidation sites excluding steroid dienone is 1. The number of likely N-dealkylation sites (N-methyl/N-ethyl adjacent to an activating group) is 1. The maximum absolute atomic E-state index is 13.6. The van der Waals surface area contributed by atoms with Gasteiger partial charge < -0.3 is 10.1 Å². The lowest BCUT2D eigenvalue weighted by atomic mass is 9.90. The summed E-state index contributed by atoms with van der Waals surface area (Å²) >= 11 is 0. The highest BCUT2D eigenvalue weighted by Crippen LogP contribution is 2.43. The summed E-state index contributed by atoms with van der Waals surface area (Å²) in [5, 5.41) is 3.14. The van der Waals surface area contributed by atoms with Crippen LogP contribution in [-0.2, 0) is 11.2 Å². The molecule has 1 aromatic rings. The van der Waals surface area contributed by atoms with E-state index in [1.807, 2.05) is 13.1 Å². The lowest BCUT2D eigenvalue weighted by molar-refractivity contribution is 0.189. The van der Waals surface area contributed by atoms with E-state index in [-0.39, 0.29) is 11.9 Å². The Balaban J connectivity index is 2.08. The molecule has 2 nitrogen and oxygen atoms in total. The summed E-state index contributed by atoms with van der Waals surface area (Å²) in [5.41, 5.74) is 4.36. The summed E-state index contributed by atoms with van der Waals surface area (Å²) in [7, 11) is 1.91. The molecule has 1 aliphatic carbocycles. The highest BCUT2D eigenvalue weighted by Gasteiger charge is 2.33. The van der Waals surface area contributed by atoms with E-state index in [0.717, 1.165) is 41.8 Å². The van der Waals surface area contributed by atoms with E-state index in [4.69, 9.17) is 4.74 Å². The lowest BCUT2D eigenvalue weighted by Gasteiger charge is -2.17. The molecular formula is C17H20FNO. The minimum absolute atomic E-state index is 0.114. The second kappa shape index (κ2) is 5.06. The standard InChI is InChI=1S/C17H20FNO/c1-10-6-12-4-5-13(18)7-16(12)17-15(11(10)2)8-14(20-17)9-19-3/h4-5,7,10,14,19H,2,6,8-9H2,1,3H3. The van der Waals surface area contributed by atoms with Gasteiger partial charge in [-0.25, -0.2) is 4.39 Å². The third-order valence-corrected chi connectivity index (χ3v) is 4.25. The van der Waals surface area contributed by atoms with Gasteiger partial charge in [-0.05, 0) is 42.7 Å². The Morgan fingerprint density at radius 2 is 2.20 bits per heavy atom. The van der Waals surface area contributed by atoms with Crippen LogP contribution in [0.15, 0.2) is 35.9 Å². The molecular weight excluding hydrogens is 253 g/mol. The molecule has 1 heterocycles. The number of rotatable bonds is 2. The van der Waals surface area contributed by atoms with Crippen LogP contribution in [-0.4, -0.2) is 19.7 Å². The maximum atomic E-state index is 13.6. The average Bonchev–Trinajstić information content (AvgIpc) is 2.80. The minimum atomic E-state index is -0.212. The van der Waals surface area contributed by atoms with Crippen molar-refractivity contribution < 1.29 is 9.13 Å². The summed E-state index contributed by atoms with van der Waals surface area (Å²) in [6.45, 7) is 7.21.